The third kappa shape index (κ3) is 3.37. The van der Waals surface area contributed by atoms with Crippen LogP contribution in [0.4, 0.5) is 0 Å². The molecule has 1 aromatic carbocycles. The maximum Gasteiger partial charge on any atom is 0.261 e. The Hall–Kier alpha value is -0.780. The van der Waals surface area contributed by atoms with E-state index in [0.29, 0.717) is 18.3 Å². The summed E-state index contributed by atoms with van der Waals surface area (Å²) in [4.78, 5) is 0.0956. The van der Waals surface area contributed by atoms with Crippen LogP contribution in [0, 0.1) is 12.8 Å². The van der Waals surface area contributed by atoms with Gasteiger partial charge in [-0.05, 0) is 37.1 Å². The zero-order valence-corrected chi connectivity index (χ0v) is 11.6. The third-order valence-corrected chi connectivity index (χ3v) is 4.28. The largest absolute Gasteiger partial charge is 0.493 e. The van der Waals surface area contributed by atoms with Crippen LogP contribution in [0.5, 0.6) is 5.75 Å². The second kappa shape index (κ2) is 5.47. The fourth-order valence-electron chi connectivity index (χ4n) is 1.86. The van der Waals surface area contributed by atoms with E-state index in [1.54, 1.807) is 13.0 Å². The maximum atomic E-state index is 11.2. The second-order valence-electron chi connectivity index (χ2n) is 4.41. The molecule has 1 aliphatic heterocycles. The molecule has 0 bridgehead atoms. The van der Waals surface area contributed by atoms with Gasteiger partial charge in [-0.2, -0.15) is 0 Å². The number of hydrogen-bond acceptors (Lipinski definition) is 4. The summed E-state index contributed by atoms with van der Waals surface area (Å²) in [5.74, 6) is 1.10. The number of rotatable bonds is 4. The molecular weight excluding hydrogens is 276 g/mol. The lowest BCUT2D eigenvalue weighted by molar-refractivity contribution is 0.167. The van der Waals surface area contributed by atoms with Gasteiger partial charge in [-0.25, -0.2) is 8.42 Å². The first kappa shape index (κ1) is 13.6. The molecule has 1 heterocycles. The van der Waals surface area contributed by atoms with Crippen LogP contribution in [-0.4, -0.2) is 28.2 Å². The monoisotopic (exact) mass is 290 g/mol. The highest BCUT2D eigenvalue weighted by atomic mass is 35.7. The molecule has 0 N–H and O–H groups in total. The molecule has 1 unspecified atom stereocenters. The zero-order valence-electron chi connectivity index (χ0n) is 10.1. The van der Waals surface area contributed by atoms with Crippen molar-refractivity contribution in [2.24, 2.45) is 5.92 Å². The summed E-state index contributed by atoms with van der Waals surface area (Å²) in [6.07, 6.45) is 1.01. The molecule has 1 atom stereocenters. The number of aryl methyl sites for hydroxylation is 1. The van der Waals surface area contributed by atoms with Crippen molar-refractivity contribution in [2.45, 2.75) is 18.2 Å². The third-order valence-electron chi connectivity index (χ3n) is 2.93. The topological polar surface area (TPSA) is 52.6 Å². The Labute approximate surface area is 111 Å². The Morgan fingerprint density at radius 2 is 2.28 bits per heavy atom. The van der Waals surface area contributed by atoms with E-state index < -0.39 is 9.05 Å². The van der Waals surface area contributed by atoms with Crippen molar-refractivity contribution in [1.82, 2.24) is 0 Å². The van der Waals surface area contributed by atoms with E-state index >= 15 is 0 Å². The van der Waals surface area contributed by atoms with Crippen LogP contribution in [-0.2, 0) is 13.8 Å². The van der Waals surface area contributed by atoms with Crippen molar-refractivity contribution in [1.29, 1.82) is 0 Å². The van der Waals surface area contributed by atoms with Crippen LogP contribution >= 0.6 is 10.7 Å². The van der Waals surface area contributed by atoms with Crippen LogP contribution in [0.3, 0.4) is 0 Å². The summed E-state index contributed by atoms with van der Waals surface area (Å²) in [6.45, 7) is 3.91. The van der Waals surface area contributed by atoms with Crippen LogP contribution in [0.15, 0.2) is 23.1 Å². The van der Waals surface area contributed by atoms with Crippen molar-refractivity contribution in [2.75, 3.05) is 19.8 Å². The first-order valence-electron chi connectivity index (χ1n) is 5.72. The number of ether oxygens (including phenoxy) is 2. The van der Waals surface area contributed by atoms with E-state index in [9.17, 15) is 8.42 Å². The lowest BCUT2D eigenvalue weighted by Gasteiger charge is -2.12. The Kier molecular flexibility index (Phi) is 4.14. The predicted octanol–water partition coefficient (Wildman–Crippen LogP) is 2.34. The summed E-state index contributed by atoms with van der Waals surface area (Å²) in [7, 11) is 1.60. The van der Waals surface area contributed by atoms with E-state index in [1.807, 2.05) is 0 Å². The van der Waals surface area contributed by atoms with Gasteiger partial charge < -0.3 is 9.47 Å². The van der Waals surface area contributed by atoms with Crippen LogP contribution in [0.25, 0.3) is 0 Å². The van der Waals surface area contributed by atoms with E-state index in [4.69, 9.17) is 20.2 Å². The highest BCUT2D eigenvalue weighted by Gasteiger charge is 2.17. The minimum Gasteiger partial charge on any atom is -0.493 e. The van der Waals surface area contributed by atoms with Crippen LogP contribution < -0.4 is 4.74 Å². The molecule has 0 spiro atoms. The van der Waals surface area contributed by atoms with Gasteiger partial charge in [-0.15, -0.1) is 0 Å². The maximum absolute atomic E-state index is 11.2. The molecule has 0 radical (unpaired) electrons. The molecule has 0 aromatic heterocycles. The lowest BCUT2D eigenvalue weighted by atomic mass is 10.1. The molecular formula is C12H15ClO4S. The van der Waals surface area contributed by atoms with Crippen molar-refractivity contribution >= 4 is 19.7 Å². The van der Waals surface area contributed by atoms with Crippen LogP contribution in [0.2, 0.25) is 0 Å². The molecule has 100 valence electrons. The van der Waals surface area contributed by atoms with Crippen molar-refractivity contribution in [3.63, 3.8) is 0 Å². The Morgan fingerprint density at radius 1 is 1.50 bits per heavy atom. The predicted molar refractivity (Wildman–Crippen MR) is 68.6 cm³/mol. The smallest absolute Gasteiger partial charge is 0.261 e. The van der Waals surface area contributed by atoms with Gasteiger partial charge in [0.2, 0.25) is 0 Å². The zero-order chi connectivity index (χ0) is 13.2. The minimum absolute atomic E-state index is 0.0956. The average molecular weight is 291 g/mol. The fraction of sp³-hybridized carbons (Fsp3) is 0.500. The Balaban J connectivity index is 2.05. The molecule has 1 saturated heterocycles. The molecule has 4 nitrogen and oxygen atoms in total. The minimum atomic E-state index is -3.68. The average Bonchev–Trinajstić information content (AvgIpc) is 2.79. The lowest BCUT2D eigenvalue weighted by Crippen LogP contribution is -2.12. The molecule has 6 heteroatoms. The van der Waals surface area contributed by atoms with Crippen molar-refractivity contribution < 1.29 is 17.9 Å². The molecule has 1 aliphatic rings. The Bertz CT molecular complexity index is 521. The number of hydrogen-bond donors (Lipinski definition) is 0. The summed E-state index contributed by atoms with van der Waals surface area (Å²) in [5, 5.41) is 0. The van der Waals surface area contributed by atoms with Gasteiger partial charge in [-0.3, -0.25) is 0 Å². The normalized spacial score (nSPS) is 20.0. The van der Waals surface area contributed by atoms with Gasteiger partial charge in [0, 0.05) is 23.2 Å². The molecule has 18 heavy (non-hydrogen) atoms. The second-order valence-corrected chi connectivity index (χ2v) is 6.97. The van der Waals surface area contributed by atoms with E-state index in [0.717, 1.165) is 25.2 Å². The van der Waals surface area contributed by atoms with Gasteiger partial charge in [0.1, 0.15) is 5.75 Å². The molecule has 0 amide bonds. The number of halogens is 1. The van der Waals surface area contributed by atoms with Crippen molar-refractivity contribution in [3.05, 3.63) is 23.8 Å². The fourth-order valence-corrected chi connectivity index (χ4v) is 2.69. The van der Waals surface area contributed by atoms with Gasteiger partial charge in [-0.1, -0.05) is 0 Å². The van der Waals surface area contributed by atoms with Gasteiger partial charge in [0.25, 0.3) is 9.05 Å². The molecule has 1 aromatic rings. The molecule has 0 aliphatic carbocycles. The van der Waals surface area contributed by atoms with E-state index in [1.165, 1.54) is 12.1 Å². The first-order valence-corrected chi connectivity index (χ1v) is 8.03. The van der Waals surface area contributed by atoms with Gasteiger partial charge >= 0.3 is 0 Å². The quantitative estimate of drug-likeness (QED) is 0.799. The summed E-state index contributed by atoms with van der Waals surface area (Å²) in [6, 6.07) is 4.61. The Morgan fingerprint density at radius 3 is 2.83 bits per heavy atom. The summed E-state index contributed by atoms with van der Waals surface area (Å²) >= 11 is 0. The molecule has 2 rings (SSSR count). The van der Waals surface area contributed by atoms with E-state index in [-0.39, 0.29) is 4.90 Å². The van der Waals surface area contributed by atoms with Crippen LogP contribution in [0.1, 0.15) is 12.0 Å². The number of benzene rings is 1. The standard InChI is InChI=1S/C12H15ClO4S/c1-9-6-11(18(13,14)15)2-3-12(9)17-8-10-4-5-16-7-10/h2-3,6,10H,4-5,7-8H2,1H3. The first-order chi connectivity index (χ1) is 8.47. The summed E-state index contributed by atoms with van der Waals surface area (Å²) in [5.41, 5.74) is 0.760. The van der Waals surface area contributed by atoms with Gasteiger partial charge in [0.05, 0.1) is 18.1 Å². The van der Waals surface area contributed by atoms with Gasteiger partial charge in [0.15, 0.2) is 0 Å². The summed E-state index contributed by atoms with van der Waals surface area (Å²) < 4.78 is 33.3. The SMILES string of the molecule is Cc1cc(S(=O)(=O)Cl)ccc1OCC1CCOC1. The highest BCUT2D eigenvalue weighted by molar-refractivity contribution is 8.13. The van der Waals surface area contributed by atoms with E-state index in [2.05, 4.69) is 0 Å². The molecule has 1 fully saturated rings. The molecule has 0 saturated carbocycles. The van der Waals surface area contributed by atoms with Crippen molar-refractivity contribution in [3.8, 4) is 5.75 Å². The highest BCUT2D eigenvalue weighted by Crippen LogP contribution is 2.25.